The molecule has 0 aliphatic rings. The Bertz CT molecular complexity index is 244. The predicted molar refractivity (Wildman–Crippen MR) is 77.8 cm³/mol. The van der Waals surface area contributed by atoms with E-state index in [4.69, 9.17) is 10.2 Å². The van der Waals surface area contributed by atoms with Crippen molar-refractivity contribution in [3.63, 3.8) is 0 Å². The second-order valence-electron chi connectivity index (χ2n) is 4.90. The number of carboxylic acid groups (broad SMARTS) is 2. The number of aliphatic carboxylic acids is 2. The molecule has 1 atom stereocenters. The third-order valence-corrected chi connectivity index (χ3v) is 3.18. The third kappa shape index (κ3) is 14.2. The molecule has 108 valence electrons. The Hall–Kier alpha value is -0.0600. The Morgan fingerprint density at radius 1 is 0.895 bits per heavy atom. The first kappa shape index (κ1) is 21.2. The van der Waals surface area contributed by atoms with Gasteiger partial charge in [-0.15, -0.1) is 0 Å². The number of carboxylic acids is 2. The molecule has 0 amide bonds. The molecule has 0 radical (unpaired) electrons. The van der Waals surface area contributed by atoms with Gasteiger partial charge in [-0.3, -0.25) is 9.59 Å². The van der Waals surface area contributed by atoms with E-state index in [1.807, 2.05) is 0 Å². The van der Waals surface area contributed by atoms with E-state index in [0.717, 1.165) is 19.3 Å². The average Bonchev–Trinajstić information content (AvgIpc) is 2.30. The molecule has 0 aromatic heterocycles. The van der Waals surface area contributed by atoms with Crippen LogP contribution in [-0.4, -0.2) is 51.7 Å². The summed E-state index contributed by atoms with van der Waals surface area (Å²) in [6.45, 7) is 2.19. The van der Waals surface area contributed by atoms with Crippen LogP contribution in [-0.2, 0) is 9.59 Å². The third-order valence-electron chi connectivity index (χ3n) is 3.18. The molecule has 0 spiro atoms. The fourth-order valence-electron chi connectivity index (χ4n) is 2.05. The Balaban J connectivity index is 0. The van der Waals surface area contributed by atoms with Gasteiger partial charge in [-0.2, -0.15) is 0 Å². The summed E-state index contributed by atoms with van der Waals surface area (Å²) >= 11 is 0. The van der Waals surface area contributed by atoms with E-state index in [0.29, 0.717) is 6.42 Å². The number of hydrogen-bond donors (Lipinski definition) is 2. The number of unbranched alkanes of at least 4 members (excludes halogenated alkanes) is 7. The van der Waals surface area contributed by atoms with Gasteiger partial charge in [0.2, 0.25) is 0 Å². The van der Waals surface area contributed by atoms with Crippen LogP contribution in [0.25, 0.3) is 0 Å². The van der Waals surface area contributed by atoms with Gasteiger partial charge in [-0.05, 0) is 6.42 Å². The summed E-state index contributed by atoms with van der Waals surface area (Å²) in [6, 6.07) is 0. The molecule has 0 aliphatic carbocycles. The molecular formula is C14H27NaO4. The summed E-state index contributed by atoms with van der Waals surface area (Å²) in [5, 5.41) is 17.5. The molecule has 4 nitrogen and oxygen atoms in total. The molecule has 0 saturated heterocycles. The van der Waals surface area contributed by atoms with Gasteiger partial charge in [0.1, 0.15) is 0 Å². The van der Waals surface area contributed by atoms with Crippen molar-refractivity contribution in [1.29, 1.82) is 0 Å². The molecule has 0 aromatic carbocycles. The van der Waals surface area contributed by atoms with E-state index in [9.17, 15) is 9.59 Å². The van der Waals surface area contributed by atoms with Crippen LogP contribution < -0.4 is 0 Å². The Labute approximate surface area is 138 Å². The molecule has 0 saturated carbocycles. The van der Waals surface area contributed by atoms with Gasteiger partial charge in [0, 0.05) is 0 Å². The average molecular weight is 282 g/mol. The summed E-state index contributed by atoms with van der Waals surface area (Å²) in [5.74, 6) is -2.73. The standard InChI is InChI=1S/C14H26O4.Na.H/c1-2-3-4-5-6-7-8-9-10-12(14(17)18)11-13(15)16;;/h12H,2-11H2,1H3,(H,15,16)(H,17,18);;. The van der Waals surface area contributed by atoms with Crippen LogP contribution in [0.4, 0.5) is 0 Å². The molecule has 1 unspecified atom stereocenters. The first-order chi connectivity index (χ1) is 8.57. The molecule has 0 fully saturated rings. The van der Waals surface area contributed by atoms with Crippen LogP contribution in [0.1, 0.15) is 71.1 Å². The van der Waals surface area contributed by atoms with Gasteiger partial charge in [0.25, 0.3) is 0 Å². The molecule has 0 rings (SSSR count). The normalized spacial score (nSPS) is 11.6. The van der Waals surface area contributed by atoms with Crippen molar-refractivity contribution in [2.24, 2.45) is 5.92 Å². The summed E-state index contributed by atoms with van der Waals surface area (Å²) in [6.07, 6.45) is 9.46. The summed E-state index contributed by atoms with van der Waals surface area (Å²) in [5.41, 5.74) is 0. The zero-order valence-electron chi connectivity index (χ0n) is 11.4. The quantitative estimate of drug-likeness (QED) is 0.426. The zero-order valence-corrected chi connectivity index (χ0v) is 11.4. The first-order valence-corrected chi connectivity index (χ1v) is 7.02. The number of rotatable bonds is 12. The molecule has 0 heterocycles. The maximum atomic E-state index is 10.8. The fraction of sp³-hybridized carbons (Fsp3) is 0.857. The van der Waals surface area contributed by atoms with E-state index in [1.165, 1.54) is 32.1 Å². The Morgan fingerprint density at radius 3 is 1.79 bits per heavy atom. The van der Waals surface area contributed by atoms with Crippen molar-refractivity contribution >= 4 is 41.5 Å². The van der Waals surface area contributed by atoms with Crippen molar-refractivity contribution in [2.45, 2.75) is 71.1 Å². The van der Waals surface area contributed by atoms with E-state index in [-0.39, 0.29) is 36.0 Å². The Kier molecular flexibility index (Phi) is 16.0. The zero-order chi connectivity index (χ0) is 13.8. The van der Waals surface area contributed by atoms with Crippen LogP contribution in [0.2, 0.25) is 0 Å². The molecule has 0 aliphatic heterocycles. The fourth-order valence-corrected chi connectivity index (χ4v) is 2.05. The topological polar surface area (TPSA) is 74.6 Å². The van der Waals surface area contributed by atoms with Crippen LogP contribution in [0, 0.1) is 5.92 Å². The molecule has 19 heavy (non-hydrogen) atoms. The number of hydrogen-bond acceptors (Lipinski definition) is 2. The van der Waals surface area contributed by atoms with Gasteiger partial charge >= 0.3 is 41.5 Å². The second-order valence-corrected chi connectivity index (χ2v) is 4.90. The van der Waals surface area contributed by atoms with Gasteiger partial charge in [0.15, 0.2) is 0 Å². The van der Waals surface area contributed by atoms with Crippen LogP contribution in [0.3, 0.4) is 0 Å². The number of carbonyl (C=O) groups is 2. The molecule has 0 aromatic rings. The summed E-state index contributed by atoms with van der Waals surface area (Å²) in [4.78, 5) is 21.3. The van der Waals surface area contributed by atoms with Crippen molar-refractivity contribution in [2.75, 3.05) is 0 Å². The minimum atomic E-state index is -1.03. The van der Waals surface area contributed by atoms with E-state index in [2.05, 4.69) is 6.92 Å². The van der Waals surface area contributed by atoms with E-state index in [1.54, 1.807) is 0 Å². The van der Waals surface area contributed by atoms with Crippen molar-refractivity contribution in [1.82, 2.24) is 0 Å². The summed E-state index contributed by atoms with van der Waals surface area (Å²) in [7, 11) is 0. The van der Waals surface area contributed by atoms with Crippen LogP contribution in [0.5, 0.6) is 0 Å². The molecular weight excluding hydrogens is 255 g/mol. The van der Waals surface area contributed by atoms with Crippen molar-refractivity contribution in [3.05, 3.63) is 0 Å². The van der Waals surface area contributed by atoms with Gasteiger partial charge < -0.3 is 10.2 Å². The van der Waals surface area contributed by atoms with E-state index < -0.39 is 17.9 Å². The minimum absolute atomic E-state index is 0. The second kappa shape index (κ2) is 14.4. The molecule has 5 heteroatoms. The SMILES string of the molecule is CCCCCCCCCCC(CC(=O)O)C(=O)O.[NaH]. The van der Waals surface area contributed by atoms with Crippen molar-refractivity contribution in [3.8, 4) is 0 Å². The molecule has 2 N–H and O–H groups in total. The van der Waals surface area contributed by atoms with Gasteiger partial charge in [-0.1, -0.05) is 58.3 Å². The predicted octanol–water partition coefficient (Wildman–Crippen LogP) is 3.04. The first-order valence-electron chi connectivity index (χ1n) is 7.02. The van der Waals surface area contributed by atoms with Gasteiger partial charge in [0.05, 0.1) is 12.3 Å². The van der Waals surface area contributed by atoms with Crippen molar-refractivity contribution < 1.29 is 19.8 Å². The van der Waals surface area contributed by atoms with Gasteiger partial charge in [-0.25, -0.2) is 0 Å². The van der Waals surface area contributed by atoms with Crippen LogP contribution in [0.15, 0.2) is 0 Å². The maximum absolute atomic E-state index is 10.8. The van der Waals surface area contributed by atoms with Crippen LogP contribution >= 0.6 is 0 Å². The Morgan fingerprint density at radius 2 is 1.37 bits per heavy atom. The van der Waals surface area contributed by atoms with E-state index >= 15 is 0 Å². The monoisotopic (exact) mass is 282 g/mol. The molecule has 0 bridgehead atoms. The summed E-state index contributed by atoms with van der Waals surface area (Å²) < 4.78 is 0.